The Morgan fingerprint density at radius 3 is 2.52 bits per heavy atom. The Balaban J connectivity index is 0.00000261. The number of hydrogen-bond acceptors (Lipinski definition) is 7. The second-order valence-electron chi connectivity index (χ2n) is 6.09. The van der Waals surface area contributed by atoms with Crippen LogP contribution >= 0.6 is 35.3 Å². The van der Waals surface area contributed by atoms with E-state index in [4.69, 9.17) is 0 Å². The largest absolute Gasteiger partial charge is 0.355 e. The molecular weight excluding hydrogens is 475 g/mol. The van der Waals surface area contributed by atoms with Crippen LogP contribution in [0.3, 0.4) is 0 Å². The fourth-order valence-electron chi connectivity index (χ4n) is 2.82. The summed E-state index contributed by atoms with van der Waals surface area (Å²) in [6.45, 7) is 8.57. The van der Waals surface area contributed by atoms with Gasteiger partial charge in [0, 0.05) is 69.8 Å². The Hall–Kier alpha value is -1.53. The van der Waals surface area contributed by atoms with E-state index in [1.165, 1.54) is 4.88 Å². The Morgan fingerprint density at radius 2 is 1.89 bits per heavy atom. The van der Waals surface area contributed by atoms with Gasteiger partial charge < -0.3 is 15.5 Å². The molecule has 1 aliphatic heterocycles. The smallest absolute Gasteiger partial charge is 0.225 e. The van der Waals surface area contributed by atoms with Crippen LogP contribution in [-0.2, 0) is 6.54 Å². The van der Waals surface area contributed by atoms with E-state index in [0.29, 0.717) is 6.54 Å². The van der Waals surface area contributed by atoms with Crippen LogP contribution in [0.4, 0.5) is 5.95 Å². The first-order valence-electron chi connectivity index (χ1n) is 8.85. The Labute approximate surface area is 181 Å². The van der Waals surface area contributed by atoms with Gasteiger partial charge in [-0.1, -0.05) is 0 Å². The summed E-state index contributed by atoms with van der Waals surface area (Å²) < 4.78 is 0. The molecule has 2 aromatic rings. The van der Waals surface area contributed by atoms with E-state index in [9.17, 15) is 0 Å². The number of aryl methyl sites for hydroxylation is 1. The molecule has 0 aliphatic carbocycles. The van der Waals surface area contributed by atoms with Crippen LogP contribution in [-0.4, -0.2) is 72.1 Å². The zero-order valence-corrected chi connectivity index (χ0v) is 18.9. The van der Waals surface area contributed by atoms with Crippen LogP contribution < -0.4 is 15.5 Å². The molecule has 1 fully saturated rings. The number of nitrogens with zero attached hydrogens (tertiary/aromatic N) is 6. The van der Waals surface area contributed by atoms with Crippen molar-refractivity contribution in [3.63, 3.8) is 0 Å². The van der Waals surface area contributed by atoms with E-state index in [-0.39, 0.29) is 24.0 Å². The minimum absolute atomic E-state index is 0. The van der Waals surface area contributed by atoms with Crippen molar-refractivity contribution >= 4 is 47.2 Å². The average molecular weight is 502 g/mol. The molecule has 3 rings (SSSR count). The lowest BCUT2D eigenvalue weighted by molar-refractivity contribution is 0.260. The third-order valence-corrected chi connectivity index (χ3v) is 5.14. The quantitative estimate of drug-likeness (QED) is 0.351. The third kappa shape index (κ3) is 6.85. The molecule has 0 saturated carbocycles. The van der Waals surface area contributed by atoms with Gasteiger partial charge >= 0.3 is 0 Å². The molecule has 0 bridgehead atoms. The molecule has 27 heavy (non-hydrogen) atoms. The molecule has 2 aromatic heterocycles. The highest BCUT2D eigenvalue weighted by molar-refractivity contribution is 14.0. The zero-order valence-electron chi connectivity index (χ0n) is 15.8. The number of aliphatic imine (C=N–C) groups is 1. The summed E-state index contributed by atoms with van der Waals surface area (Å²) in [4.78, 5) is 23.2. The van der Waals surface area contributed by atoms with Gasteiger partial charge in [0.05, 0.1) is 6.54 Å². The maximum Gasteiger partial charge on any atom is 0.225 e. The summed E-state index contributed by atoms with van der Waals surface area (Å²) in [6.07, 6.45) is 5.49. The number of thiazole rings is 1. The van der Waals surface area contributed by atoms with E-state index in [1.54, 1.807) is 30.8 Å². The number of rotatable bonds is 6. The number of aromatic nitrogens is 3. The van der Waals surface area contributed by atoms with Gasteiger partial charge in [0.15, 0.2) is 5.96 Å². The second kappa shape index (κ2) is 11.3. The number of anilines is 1. The molecule has 0 amide bonds. The molecule has 0 radical (unpaired) electrons. The van der Waals surface area contributed by atoms with Crippen LogP contribution in [0.25, 0.3) is 0 Å². The summed E-state index contributed by atoms with van der Waals surface area (Å²) in [6, 6.07) is 1.85. The molecule has 0 atom stereocenters. The van der Waals surface area contributed by atoms with Gasteiger partial charge in [-0.25, -0.2) is 15.0 Å². The predicted molar refractivity (Wildman–Crippen MR) is 121 cm³/mol. The monoisotopic (exact) mass is 502 g/mol. The van der Waals surface area contributed by atoms with Crippen LogP contribution in [0.1, 0.15) is 9.88 Å². The molecule has 10 heteroatoms. The Morgan fingerprint density at radius 1 is 1.15 bits per heavy atom. The number of nitrogens with one attached hydrogen (secondary N) is 2. The minimum Gasteiger partial charge on any atom is -0.355 e. The molecule has 1 aliphatic rings. The van der Waals surface area contributed by atoms with Gasteiger partial charge in [0.1, 0.15) is 5.01 Å². The predicted octanol–water partition coefficient (Wildman–Crippen LogP) is 1.35. The first kappa shape index (κ1) is 21.8. The van der Waals surface area contributed by atoms with Gasteiger partial charge in [-0.05, 0) is 13.0 Å². The lowest BCUT2D eigenvalue weighted by atomic mass is 10.3. The topological polar surface area (TPSA) is 81.6 Å². The summed E-state index contributed by atoms with van der Waals surface area (Å²) in [5.41, 5.74) is 0. The molecule has 0 spiro atoms. The van der Waals surface area contributed by atoms with Crippen molar-refractivity contribution in [1.29, 1.82) is 0 Å². The average Bonchev–Trinajstić information content (AvgIpc) is 3.11. The first-order chi connectivity index (χ1) is 12.7. The van der Waals surface area contributed by atoms with Crippen molar-refractivity contribution in [3.8, 4) is 0 Å². The van der Waals surface area contributed by atoms with Gasteiger partial charge in [0.2, 0.25) is 5.95 Å². The number of piperazine rings is 1. The van der Waals surface area contributed by atoms with E-state index in [0.717, 1.165) is 56.2 Å². The van der Waals surface area contributed by atoms with Crippen molar-refractivity contribution in [3.05, 3.63) is 34.5 Å². The summed E-state index contributed by atoms with van der Waals surface area (Å²) >= 11 is 1.71. The van der Waals surface area contributed by atoms with Gasteiger partial charge in [-0.15, -0.1) is 35.3 Å². The zero-order chi connectivity index (χ0) is 18.2. The van der Waals surface area contributed by atoms with Crippen LogP contribution in [0.5, 0.6) is 0 Å². The molecule has 0 unspecified atom stereocenters. The van der Waals surface area contributed by atoms with Crippen molar-refractivity contribution in [2.24, 2.45) is 4.99 Å². The van der Waals surface area contributed by atoms with E-state index < -0.39 is 0 Å². The number of hydrogen-bond donors (Lipinski definition) is 2. The minimum atomic E-state index is 0. The van der Waals surface area contributed by atoms with Crippen molar-refractivity contribution in [2.45, 2.75) is 13.5 Å². The first-order valence-corrected chi connectivity index (χ1v) is 9.66. The second-order valence-corrected chi connectivity index (χ2v) is 7.41. The highest BCUT2D eigenvalue weighted by Crippen LogP contribution is 2.10. The molecule has 2 N–H and O–H groups in total. The molecule has 0 aromatic carbocycles. The molecular formula is C17H27IN8S. The van der Waals surface area contributed by atoms with Crippen LogP contribution in [0.15, 0.2) is 29.6 Å². The highest BCUT2D eigenvalue weighted by Gasteiger charge is 2.18. The van der Waals surface area contributed by atoms with E-state index >= 15 is 0 Å². The summed E-state index contributed by atoms with van der Waals surface area (Å²) in [5, 5.41) is 7.76. The fourth-order valence-corrected chi connectivity index (χ4v) is 3.55. The van der Waals surface area contributed by atoms with Gasteiger partial charge in [0.25, 0.3) is 0 Å². The molecule has 148 valence electrons. The lowest BCUT2D eigenvalue weighted by Crippen LogP contribution is -2.49. The lowest BCUT2D eigenvalue weighted by Gasteiger charge is -2.34. The molecule has 1 saturated heterocycles. The fraction of sp³-hybridized carbons (Fsp3) is 0.529. The molecule has 3 heterocycles. The van der Waals surface area contributed by atoms with Crippen molar-refractivity contribution in [2.75, 3.05) is 51.2 Å². The third-order valence-electron chi connectivity index (χ3n) is 4.23. The maximum atomic E-state index is 4.36. The normalized spacial score (nSPS) is 15.3. The maximum absolute atomic E-state index is 4.36. The van der Waals surface area contributed by atoms with E-state index in [2.05, 4.69) is 47.3 Å². The van der Waals surface area contributed by atoms with Crippen molar-refractivity contribution < 1.29 is 0 Å². The number of halogens is 1. The van der Waals surface area contributed by atoms with Gasteiger partial charge in [-0.2, -0.15) is 0 Å². The summed E-state index contributed by atoms with van der Waals surface area (Å²) in [7, 11) is 1.79. The highest BCUT2D eigenvalue weighted by atomic mass is 127. The van der Waals surface area contributed by atoms with Crippen LogP contribution in [0, 0.1) is 6.92 Å². The van der Waals surface area contributed by atoms with Gasteiger partial charge in [-0.3, -0.25) is 9.89 Å². The standard InChI is InChI=1S/C17H26N8S.HI/c1-14-12-22-15(26-14)13-23-16(18-2)19-6-7-24-8-10-25(11-9-24)17-20-4-3-5-21-17;/h3-5,12H,6-11,13H2,1-2H3,(H2,18,19,23);1H. The number of guanidine groups is 1. The van der Waals surface area contributed by atoms with Crippen LogP contribution in [0.2, 0.25) is 0 Å². The van der Waals surface area contributed by atoms with E-state index in [1.807, 2.05) is 12.3 Å². The summed E-state index contributed by atoms with van der Waals surface area (Å²) in [5.74, 6) is 1.64. The Bertz CT molecular complexity index is 700. The SMILES string of the molecule is CN=C(NCCN1CCN(c2ncccn2)CC1)NCc1ncc(C)s1.I. The molecule has 8 nitrogen and oxygen atoms in total. The van der Waals surface area contributed by atoms with Crippen molar-refractivity contribution in [1.82, 2.24) is 30.5 Å². The Kier molecular flexibility index (Phi) is 9.15.